The summed E-state index contributed by atoms with van der Waals surface area (Å²) in [6.45, 7) is 0.462. The maximum atomic E-state index is 11.5. The number of benzene rings is 1. The van der Waals surface area contributed by atoms with Gasteiger partial charge >= 0.3 is 5.97 Å². The molecular formula is C13H14BrN3O4. The van der Waals surface area contributed by atoms with Crippen LogP contribution in [0.4, 0.5) is 0 Å². The van der Waals surface area contributed by atoms with Gasteiger partial charge in [0.1, 0.15) is 5.70 Å². The fourth-order valence-electron chi connectivity index (χ4n) is 1.48. The molecule has 0 saturated heterocycles. The summed E-state index contributed by atoms with van der Waals surface area (Å²) in [6, 6.07) is 5.08. The highest BCUT2D eigenvalue weighted by Gasteiger charge is 2.09. The first kappa shape index (κ1) is 16.9. The Kier molecular flexibility index (Phi) is 7.14. The number of esters is 1. The highest BCUT2D eigenvalue weighted by atomic mass is 79.9. The number of alkyl halides is 1. The van der Waals surface area contributed by atoms with Crippen LogP contribution in [-0.2, 0) is 9.53 Å². The number of hydrogen-bond acceptors (Lipinski definition) is 5. The summed E-state index contributed by atoms with van der Waals surface area (Å²) in [5, 5.41) is 3.98. The summed E-state index contributed by atoms with van der Waals surface area (Å²) in [5.74, 6) is 0.374. The first-order valence-corrected chi connectivity index (χ1v) is 7.00. The van der Waals surface area contributed by atoms with Crippen LogP contribution in [0.5, 0.6) is 11.5 Å². The van der Waals surface area contributed by atoms with Crippen LogP contribution in [-0.4, -0.2) is 32.1 Å². The van der Waals surface area contributed by atoms with Gasteiger partial charge in [-0.25, -0.2) is 4.79 Å². The zero-order chi connectivity index (χ0) is 15.7. The lowest BCUT2D eigenvalue weighted by Gasteiger charge is -2.10. The maximum absolute atomic E-state index is 11.5. The Hall–Kier alpha value is -2.18. The van der Waals surface area contributed by atoms with Crippen LogP contribution < -0.4 is 9.47 Å². The summed E-state index contributed by atoms with van der Waals surface area (Å²) in [4.78, 5) is 14.1. The van der Waals surface area contributed by atoms with Crippen molar-refractivity contribution in [3.63, 3.8) is 0 Å². The summed E-state index contributed by atoms with van der Waals surface area (Å²) in [5.41, 5.74) is 8.95. The molecule has 0 fully saturated rings. The number of halogens is 1. The second kappa shape index (κ2) is 8.89. The zero-order valence-corrected chi connectivity index (χ0v) is 13.2. The molecule has 0 radical (unpaired) electrons. The summed E-state index contributed by atoms with van der Waals surface area (Å²) >= 11 is 3.27. The van der Waals surface area contributed by atoms with Crippen molar-refractivity contribution in [2.24, 2.45) is 5.11 Å². The lowest BCUT2D eigenvalue weighted by atomic mass is 10.1. The van der Waals surface area contributed by atoms with E-state index in [0.717, 1.165) is 0 Å². The number of nitrogens with zero attached hydrogens (tertiary/aromatic N) is 3. The Morgan fingerprint density at radius 2 is 2.19 bits per heavy atom. The van der Waals surface area contributed by atoms with Crippen molar-refractivity contribution in [3.05, 3.63) is 39.9 Å². The first-order chi connectivity index (χ1) is 10.2. The van der Waals surface area contributed by atoms with E-state index in [2.05, 4.69) is 30.7 Å². The number of carbonyl (C=O) groups excluding carboxylic acids is 1. The molecule has 0 aliphatic carbocycles. The van der Waals surface area contributed by atoms with Crippen LogP contribution in [0.15, 0.2) is 29.0 Å². The molecule has 8 heteroatoms. The van der Waals surface area contributed by atoms with Crippen molar-refractivity contribution >= 4 is 28.0 Å². The number of ether oxygens (including phenoxy) is 3. The van der Waals surface area contributed by atoms with Gasteiger partial charge in [0.05, 0.1) is 20.8 Å². The minimum atomic E-state index is -0.716. The predicted octanol–water partition coefficient (Wildman–Crippen LogP) is 3.29. The number of azide groups is 1. The van der Waals surface area contributed by atoms with Gasteiger partial charge in [0.25, 0.3) is 0 Å². The largest absolute Gasteiger partial charge is 0.493 e. The van der Waals surface area contributed by atoms with Crippen molar-refractivity contribution in [1.29, 1.82) is 0 Å². The SMILES string of the molecule is COC(=O)/C(=C/c1ccc(OC)c(OCCBr)c1)N=[N+]=[N-]. The van der Waals surface area contributed by atoms with Gasteiger partial charge in [-0.15, -0.1) is 0 Å². The quantitative estimate of drug-likeness (QED) is 0.187. The van der Waals surface area contributed by atoms with Crippen LogP contribution >= 0.6 is 15.9 Å². The van der Waals surface area contributed by atoms with Gasteiger partial charge in [0, 0.05) is 10.2 Å². The highest BCUT2D eigenvalue weighted by Crippen LogP contribution is 2.29. The van der Waals surface area contributed by atoms with E-state index in [4.69, 9.17) is 15.0 Å². The molecule has 1 rings (SSSR count). The molecule has 0 aliphatic rings. The molecule has 0 atom stereocenters. The van der Waals surface area contributed by atoms with Crippen LogP contribution in [0.25, 0.3) is 16.5 Å². The van der Waals surface area contributed by atoms with E-state index < -0.39 is 5.97 Å². The van der Waals surface area contributed by atoms with Gasteiger partial charge in [-0.1, -0.05) is 27.1 Å². The molecule has 112 valence electrons. The lowest BCUT2D eigenvalue weighted by Crippen LogP contribution is -2.02. The van der Waals surface area contributed by atoms with Crippen LogP contribution in [0.2, 0.25) is 0 Å². The average Bonchev–Trinajstić information content (AvgIpc) is 2.51. The molecule has 21 heavy (non-hydrogen) atoms. The highest BCUT2D eigenvalue weighted by molar-refractivity contribution is 9.09. The van der Waals surface area contributed by atoms with Gasteiger partial charge in [0.2, 0.25) is 0 Å². The van der Waals surface area contributed by atoms with Crippen molar-refractivity contribution in [3.8, 4) is 11.5 Å². The average molecular weight is 356 g/mol. The number of methoxy groups -OCH3 is 2. The van der Waals surface area contributed by atoms with Crippen LogP contribution in [0.1, 0.15) is 5.56 Å². The third-order valence-corrected chi connectivity index (χ3v) is 2.70. The van der Waals surface area contributed by atoms with Gasteiger partial charge in [-0.05, 0) is 29.3 Å². The number of hydrogen-bond donors (Lipinski definition) is 0. The maximum Gasteiger partial charge on any atom is 0.340 e. The molecule has 0 heterocycles. The standard InChI is InChI=1S/C13H14BrN3O4/c1-19-11-4-3-9(8-12(11)21-6-5-14)7-10(16-17-15)13(18)20-2/h3-4,7-8H,5-6H2,1-2H3/b10-7-. The van der Waals surface area contributed by atoms with Crippen molar-refractivity contribution in [2.75, 3.05) is 26.2 Å². The van der Waals surface area contributed by atoms with Gasteiger partial charge < -0.3 is 14.2 Å². The predicted molar refractivity (Wildman–Crippen MR) is 81.4 cm³/mol. The van der Waals surface area contributed by atoms with Crippen molar-refractivity contribution in [1.82, 2.24) is 0 Å². The smallest absolute Gasteiger partial charge is 0.340 e. The molecule has 7 nitrogen and oxygen atoms in total. The second-order valence-electron chi connectivity index (χ2n) is 3.66. The molecule has 0 amide bonds. The summed E-state index contributed by atoms with van der Waals surface area (Å²) in [7, 11) is 2.74. The van der Waals surface area contributed by atoms with Crippen LogP contribution in [0.3, 0.4) is 0 Å². The third-order valence-electron chi connectivity index (χ3n) is 2.37. The minimum Gasteiger partial charge on any atom is -0.493 e. The van der Waals surface area contributed by atoms with Gasteiger partial charge in [-0.3, -0.25) is 0 Å². The Bertz CT molecular complexity index is 583. The zero-order valence-electron chi connectivity index (χ0n) is 11.6. The van der Waals surface area contributed by atoms with Gasteiger partial charge in [0.15, 0.2) is 11.5 Å². The van der Waals surface area contributed by atoms with E-state index in [0.29, 0.717) is 29.0 Å². The molecule has 0 aromatic heterocycles. The Morgan fingerprint density at radius 3 is 2.76 bits per heavy atom. The van der Waals surface area contributed by atoms with E-state index in [1.165, 1.54) is 20.3 Å². The molecule has 0 bridgehead atoms. The first-order valence-electron chi connectivity index (χ1n) is 5.88. The summed E-state index contributed by atoms with van der Waals surface area (Å²) in [6.07, 6.45) is 1.41. The molecular weight excluding hydrogens is 342 g/mol. The lowest BCUT2D eigenvalue weighted by molar-refractivity contribution is -0.136. The molecule has 0 N–H and O–H groups in total. The fourth-order valence-corrected chi connectivity index (χ4v) is 1.65. The van der Waals surface area contributed by atoms with E-state index >= 15 is 0 Å². The molecule has 1 aromatic rings. The van der Waals surface area contributed by atoms with Gasteiger partial charge in [-0.2, -0.15) is 0 Å². The molecule has 0 saturated carbocycles. The van der Waals surface area contributed by atoms with E-state index in [9.17, 15) is 4.79 Å². The number of rotatable bonds is 7. The summed E-state index contributed by atoms with van der Waals surface area (Å²) < 4.78 is 15.3. The van der Waals surface area contributed by atoms with E-state index in [1.807, 2.05) is 0 Å². The van der Waals surface area contributed by atoms with E-state index in [-0.39, 0.29) is 5.70 Å². The normalized spacial score (nSPS) is 10.5. The van der Waals surface area contributed by atoms with Crippen LogP contribution in [0, 0.1) is 0 Å². The van der Waals surface area contributed by atoms with E-state index in [1.54, 1.807) is 18.2 Å². The minimum absolute atomic E-state index is 0.142. The molecule has 0 aliphatic heterocycles. The van der Waals surface area contributed by atoms with Crippen molar-refractivity contribution < 1.29 is 19.0 Å². The fraction of sp³-hybridized carbons (Fsp3) is 0.308. The number of carbonyl (C=O) groups is 1. The Balaban J connectivity index is 3.17. The van der Waals surface area contributed by atoms with Crippen molar-refractivity contribution in [2.45, 2.75) is 0 Å². The second-order valence-corrected chi connectivity index (χ2v) is 4.45. The topological polar surface area (TPSA) is 93.5 Å². The monoisotopic (exact) mass is 355 g/mol. The Labute approximate surface area is 130 Å². The Morgan fingerprint density at radius 1 is 1.43 bits per heavy atom. The molecule has 1 aromatic carbocycles. The molecule has 0 unspecified atom stereocenters. The third kappa shape index (κ3) is 5.02. The molecule has 0 spiro atoms.